The summed E-state index contributed by atoms with van der Waals surface area (Å²) in [6, 6.07) is 5.96. The van der Waals surface area contributed by atoms with Gasteiger partial charge in [0, 0.05) is 31.4 Å². The molecule has 2 heterocycles. The van der Waals surface area contributed by atoms with Crippen LogP contribution in [0, 0.1) is 10.1 Å². The van der Waals surface area contributed by atoms with Crippen molar-refractivity contribution in [3.63, 3.8) is 0 Å². The molecule has 1 amide bonds. The molecule has 10 heteroatoms. The number of thiazole rings is 1. The van der Waals surface area contributed by atoms with Crippen molar-refractivity contribution in [3.8, 4) is 0 Å². The summed E-state index contributed by atoms with van der Waals surface area (Å²) in [7, 11) is 0. The number of nitro benzene ring substituents is 1. The molecule has 0 radical (unpaired) electrons. The molecule has 0 bridgehead atoms. The molecule has 0 spiro atoms. The van der Waals surface area contributed by atoms with Gasteiger partial charge in [0.05, 0.1) is 27.9 Å². The zero-order chi connectivity index (χ0) is 17.8. The van der Waals surface area contributed by atoms with Gasteiger partial charge in [0.25, 0.3) is 5.69 Å². The van der Waals surface area contributed by atoms with Gasteiger partial charge in [-0.3, -0.25) is 14.9 Å². The van der Waals surface area contributed by atoms with Crippen molar-refractivity contribution in [2.24, 2.45) is 4.99 Å². The molecule has 3 aromatic rings. The summed E-state index contributed by atoms with van der Waals surface area (Å²) in [5.74, 6) is -0.538. The highest BCUT2D eigenvalue weighted by Crippen LogP contribution is 2.23. The Bertz CT molecular complexity index is 974. The van der Waals surface area contributed by atoms with E-state index in [1.165, 1.54) is 35.7 Å². The first-order chi connectivity index (χ1) is 12.1. The van der Waals surface area contributed by atoms with Crippen LogP contribution in [0.2, 0.25) is 0 Å². The van der Waals surface area contributed by atoms with E-state index in [1.807, 2.05) is 6.92 Å². The van der Waals surface area contributed by atoms with Crippen LogP contribution in [0.3, 0.4) is 0 Å². The number of nitrogens with zero attached hydrogens (tertiary/aromatic N) is 4. The average molecular weight is 362 g/mol. The van der Waals surface area contributed by atoms with Crippen molar-refractivity contribution in [1.82, 2.24) is 9.72 Å². The molecule has 0 aliphatic heterocycles. The Morgan fingerprint density at radius 1 is 1.48 bits per heavy atom. The van der Waals surface area contributed by atoms with Crippen LogP contribution in [0.15, 0.2) is 40.0 Å². The number of carbonyl (C=O) groups is 1. The second-order valence-electron chi connectivity index (χ2n) is 4.94. The fraction of sp³-hybridized carbons (Fsp3) is 0.267. The van der Waals surface area contributed by atoms with E-state index in [0.29, 0.717) is 29.3 Å². The number of benzene rings is 1. The first-order valence-corrected chi connectivity index (χ1v) is 8.27. The smallest absolute Gasteiger partial charge is 0.318 e. The number of aromatic nitrogens is 2. The molecule has 9 nitrogen and oxygen atoms in total. The van der Waals surface area contributed by atoms with Crippen LogP contribution in [0.4, 0.5) is 5.69 Å². The number of rotatable bonds is 6. The monoisotopic (exact) mass is 362 g/mol. The van der Waals surface area contributed by atoms with E-state index in [0.717, 1.165) is 5.52 Å². The van der Waals surface area contributed by atoms with Crippen LogP contribution in [0.25, 0.3) is 10.2 Å². The molecule has 0 fully saturated rings. The summed E-state index contributed by atoms with van der Waals surface area (Å²) in [6.07, 6.45) is 1.36. The number of hydrogen-bond acceptors (Lipinski definition) is 7. The molecule has 1 aromatic carbocycles. The van der Waals surface area contributed by atoms with Gasteiger partial charge in [-0.15, -0.1) is 0 Å². The van der Waals surface area contributed by atoms with E-state index in [-0.39, 0.29) is 11.4 Å². The summed E-state index contributed by atoms with van der Waals surface area (Å²) >= 11 is 1.19. The van der Waals surface area contributed by atoms with Gasteiger partial charge in [0.2, 0.25) is 5.76 Å². The highest BCUT2D eigenvalue weighted by Gasteiger charge is 2.14. The molecule has 2 aromatic heterocycles. The Kier molecular flexibility index (Phi) is 5.00. The second-order valence-corrected chi connectivity index (χ2v) is 5.95. The summed E-state index contributed by atoms with van der Waals surface area (Å²) in [6.45, 7) is 3.35. The van der Waals surface area contributed by atoms with Gasteiger partial charge in [0.1, 0.15) is 0 Å². The topological polar surface area (TPSA) is 113 Å². The van der Waals surface area contributed by atoms with Crippen LogP contribution in [0.1, 0.15) is 17.5 Å². The maximum Gasteiger partial charge on any atom is 0.318 e. The Morgan fingerprint density at radius 2 is 2.32 bits per heavy atom. The fourth-order valence-corrected chi connectivity index (χ4v) is 3.33. The highest BCUT2D eigenvalue weighted by molar-refractivity contribution is 7.16. The van der Waals surface area contributed by atoms with E-state index in [2.05, 4.69) is 10.1 Å². The molecule has 3 rings (SSSR count). The molecule has 25 heavy (non-hydrogen) atoms. The van der Waals surface area contributed by atoms with Crippen molar-refractivity contribution in [2.75, 3.05) is 13.2 Å². The second kappa shape index (κ2) is 7.36. The molecular weight excluding hydrogens is 348 g/mol. The fourth-order valence-electron chi connectivity index (χ4n) is 2.25. The SMILES string of the molecule is CCOCCn1c(=NC(=O)c2ccno2)sc2cc([N+](=O)[O-])ccc21. The Balaban J connectivity index is 2.09. The van der Waals surface area contributed by atoms with Gasteiger partial charge in [-0.05, 0) is 13.0 Å². The standard InChI is InChI=1S/C15H14N4O5S/c1-2-23-8-7-18-11-4-3-10(19(21)22)9-13(11)25-15(18)17-14(20)12-5-6-16-24-12/h3-6,9H,2,7-8H2,1H3. The van der Waals surface area contributed by atoms with E-state index in [4.69, 9.17) is 9.26 Å². The Morgan fingerprint density at radius 3 is 3.00 bits per heavy atom. The molecule has 0 N–H and O–H groups in total. The predicted octanol–water partition coefficient (Wildman–Crippen LogP) is 2.38. The van der Waals surface area contributed by atoms with E-state index >= 15 is 0 Å². The largest absolute Gasteiger partial charge is 0.380 e. The number of non-ortho nitro benzene ring substituents is 1. The van der Waals surface area contributed by atoms with Gasteiger partial charge in [-0.2, -0.15) is 4.99 Å². The minimum Gasteiger partial charge on any atom is -0.380 e. The summed E-state index contributed by atoms with van der Waals surface area (Å²) in [5, 5.41) is 14.5. The summed E-state index contributed by atoms with van der Waals surface area (Å²) in [5.41, 5.74) is 0.734. The molecule has 0 unspecified atom stereocenters. The highest BCUT2D eigenvalue weighted by atomic mass is 32.1. The van der Waals surface area contributed by atoms with Crippen molar-refractivity contribution < 1.29 is 19.0 Å². The average Bonchev–Trinajstić information content (AvgIpc) is 3.23. The third-order valence-corrected chi connectivity index (χ3v) is 4.43. The van der Waals surface area contributed by atoms with Crippen LogP contribution in [-0.4, -0.2) is 33.8 Å². The van der Waals surface area contributed by atoms with E-state index in [1.54, 1.807) is 10.6 Å². The summed E-state index contributed by atoms with van der Waals surface area (Å²) in [4.78, 5) is 27.2. The number of nitro groups is 1. The van der Waals surface area contributed by atoms with Gasteiger partial charge < -0.3 is 13.8 Å². The van der Waals surface area contributed by atoms with Gasteiger partial charge in [-0.25, -0.2) is 0 Å². The quantitative estimate of drug-likeness (QED) is 0.378. The third kappa shape index (κ3) is 3.64. The van der Waals surface area contributed by atoms with Crippen LogP contribution in [-0.2, 0) is 11.3 Å². The number of ether oxygens (including phenoxy) is 1. The number of fused-ring (bicyclic) bond motifs is 1. The molecule has 0 saturated carbocycles. The zero-order valence-electron chi connectivity index (χ0n) is 13.2. The minimum atomic E-state index is -0.566. The maximum atomic E-state index is 12.2. The lowest BCUT2D eigenvalue weighted by molar-refractivity contribution is -0.384. The van der Waals surface area contributed by atoms with Crippen molar-refractivity contribution >= 4 is 33.1 Å². The van der Waals surface area contributed by atoms with Gasteiger partial charge in [-0.1, -0.05) is 16.5 Å². The minimum absolute atomic E-state index is 0.0150. The molecular formula is C15H14N4O5S. The lowest BCUT2D eigenvalue weighted by Gasteiger charge is -2.05. The predicted molar refractivity (Wildman–Crippen MR) is 89.4 cm³/mol. The lowest BCUT2D eigenvalue weighted by Crippen LogP contribution is -2.19. The molecule has 0 aliphatic carbocycles. The Hall–Kier alpha value is -2.85. The summed E-state index contributed by atoms with van der Waals surface area (Å²) < 4.78 is 12.7. The molecule has 0 saturated heterocycles. The molecule has 0 atom stereocenters. The van der Waals surface area contributed by atoms with Crippen LogP contribution in [0.5, 0.6) is 0 Å². The zero-order valence-corrected chi connectivity index (χ0v) is 14.1. The molecule has 130 valence electrons. The van der Waals surface area contributed by atoms with Crippen LogP contribution < -0.4 is 4.80 Å². The molecule has 0 aliphatic rings. The van der Waals surface area contributed by atoms with E-state index < -0.39 is 10.8 Å². The Labute approximate surface area is 145 Å². The van der Waals surface area contributed by atoms with Crippen molar-refractivity contribution in [1.29, 1.82) is 0 Å². The number of carbonyl (C=O) groups excluding carboxylic acids is 1. The van der Waals surface area contributed by atoms with Gasteiger partial charge >= 0.3 is 5.91 Å². The maximum absolute atomic E-state index is 12.2. The van der Waals surface area contributed by atoms with Crippen molar-refractivity contribution in [3.05, 3.63) is 51.1 Å². The van der Waals surface area contributed by atoms with E-state index in [9.17, 15) is 14.9 Å². The number of amides is 1. The number of hydrogen-bond donors (Lipinski definition) is 0. The van der Waals surface area contributed by atoms with Crippen molar-refractivity contribution in [2.45, 2.75) is 13.5 Å². The first kappa shape index (κ1) is 17.0. The third-order valence-electron chi connectivity index (χ3n) is 3.39. The lowest BCUT2D eigenvalue weighted by atomic mass is 10.3. The normalized spacial score (nSPS) is 12.0. The van der Waals surface area contributed by atoms with Gasteiger partial charge in [0.15, 0.2) is 4.80 Å². The van der Waals surface area contributed by atoms with Crippen LogP contribution >= 0.6 is 11.3 Å². The first-order valence-electron chi connectivity index (χ1n) is 7.45.